The molecule has 0 spiro atoms. The standard InChI is InChI=1S/C13H14BrN3S/c1-8-6-10(7-15-9-2-3-9)17-13(16-8)11-4-5-12(14)18-11/h4-6,9,15H,2-3,7H2,1H3. The Labute approximate surface area is 119 Å². The smallest absolute Gasteiger partial charge is 0.169 e. The first-order valence-corrected chi connectivity index (χ1v) is 7.65. The summed E-state index contributed by atoms with van der Waals surface area (Å²) in [5, 5.41) is 3.49. The number of aryl methyl sites for hydroxylation is 1. The molecule has 0 atom stereocenters. The van der Waals surface area contributed by atoms with Crippen LogP contribution in [-0.2, 0) is 6.54 Å². The molecule has 1 aliphatic carbocycles. The summed E-state index contributed by atoms with van der Waals surface area (Å²) in [6.07, 6.45) is 2.60. The lowest BCUT2D eigenvalue weighted by atomic mass is 10.3. The van der Waals surface area contributed by atoms with E-state index in [1.54, 1.807) is 11.3 Å². The van der Waals surface area contributed by atoms with Gasteiger partial charge in [0.25, 0.3) is 0 Å². The molecule has 0 unspecified atom stereocenters. The number of thiophene rings is 1. The molecule has 0 radical (unpaired) electrons. The van der Waals surface area contributed by atoms with Gasteiger partial charge in [0.05, 0.1) is 14.4 Å². The van der Waals surface area contributed by atoms with Crippen LogP contribution in [0.1, 0.15) is 24.2 Å². The fourth-order valence-corrected chi connectivity index (χ4v) is 3.13. The molecule has 2 aromatic rings. The quantitative estimate of drug-likeness (QED) is 0.935. The highest BCUT2D eigenvalue weighted by Gasteiger charge is 2.20. The summed E-state index contributed by atoms with van der Waals surface area (Å²) in [7, 11) is 0. The van der Waals surface area contributed by atoms with E-state index in [9.17, 15) is 0 Å². The molecular weight excluding hydrogens is 310 g/mol. The monoisotopic (exact) mass is 323 g/mol. The second-order valence-corrected chi connectivity index (χ2v) is 7.05. The number of aromatic nitrogens is 2. The van der Waals surface area contributed by atoms with Crippen molar-refractivity contribution in [2.24, 2.45) is 0 Å². The highest BCUT2D eigenvalue weighted by Crippen LogP contribution is 2.29. The maximum absolute atomic E-state index is 4.63. The molecule has 5 heteroatoms. The van der Waals surface area contributed by atoms with Crippen LogP contribution in [0.4, 0.5) is 0 Å². The van der Waals surface area contributed by atoms with E-state index in [1.807, 2.05) is 13.0 Å². The second kappa shape index (κ2) is 5.07. The Morgan fingerprint density at radius 1 is 1.39 bits per heavy atom. The zero-order chi connectivity index (χ0) is 12.5. The van der Waals surface area contributed by atoms with Crippen LogP contribution in [0, 0.1) is 6.92 Å². The predicted octanol–water partition coefficient (Wildman–Crippen LogP) is 3.53. The molecule has 2 aromatic heterocycles. The van der Waals surface area contributed by atoms with Crippen molar-refractivity contribution in [2.45, 2.75) is 32.4 Å². The van der Waals surface area contributed by atoms with Gasteiger partial charge < -0.3 is 5.32 Å². The minimum atomic E-state index is 0.708. The molecule has 18 heavy (non-hydrogen) atoms. The lowest BCUT2D eigenvalue weighted by Gasteiger charge is -2.05. The van der Waals surface area contributed by atoms with Gasteiger partial charge in [-0.05, 0) is 53.9 Å². The second-order valence-electron chi connectivity index (χ2n) is 4.58. The van der Waals surface area contributed by atoms with Crippen molar-refractivity contribution in [3.05, 3.63) is 33.4 Å². The predicted molar refractivity (Wildman–Crippen MR) is 77.6 cm³/mol. The van der Waals surface area contributed by atoms with E-state index in [4.69, 9.17) is 0 Å². The Hall–Kier alpha value is -0.780. The first kappa shape index (κ1) is 12.3. The van der Waals surface area contributed by atoms with E-state index >= 15 is 0 Å². The summed E-state index contributed by atoms with van der Waals surface area (Å²) in [5.74, 6) is 0.832. The van der Waals surface area contributed by atoms with Gasteiger partial charge in [0, 0.05) is 18.3 Å². The summed E-state index contributed by atoms with van der Waals surface area (Å²) in [5.41, 5.74) is 2.10. The number of halogens is 1. The van der Waals surface area contributed by atoms with Crippen molar-refractivity contribution in [3.8, 4) is 10.7 Å². The van der Waals surface area contributed by atoms with Gasteiger partial charge in [-0.2, -0.15) is 0 Å². The van der Waals surface area contributed by atoms with Gasteiger partial charge in [0.1, 0.15) is 0 Å². The van der Waals surface area contributed by atoms with E-state index in [0.29, 0.717) is 6.04 Å². The van der Waals surface area contributed by atoms with Gasteiger partial charge in [-0.3, -0.25) is 0 Å². The molecule has 2 heterocycles. The Morgan fingerprint density at radius 3 is 2.89 bits per heavy atom. The van der Waals surface area contributed by atoms with Crippen LogP contribution in [0.5, 0.6) is 0 Å². The lowest BCUT2D eigenvalue weighted by Crippen LogP contribution is -2.16. The zero-order valence-corrected chi connectivity index (χ0v) is 12.5. The van der Waals surface area contributed by atoms with Crippen molar-refractivity contribution in [2.75, 3.05) is 0 Å². The van der Waals surface area contributed by atoms with Crippen LogP contribution >= 0.6 is 27.3 Å². The molecule has 3 rings (SSSR count). The molecule has 1 aliphatic rings. The fraction of sp³-hybridized carbons (Fsp3) is 0.385. The molecule has 0 amide bonds. The van der Waals surface area contributed by atoms with Gasteiger partial charge in [0.2, 0.25) is 0 Å². The summed E-state index contributed by atoms with van der Waals surface area (Å²) in [6.45, 7) is 2.86. The molecule has 3 nitrogen and oxygen atoms in total. The largest absolute Gasteiger partial charge is 0.308 e. The lowest BCUT2D eigenvalue weighted by molar-refractivity contribution is 0.672. The average molecular weight is 324 g/mol. The third kappa shape index (κ3) is 2.96. The Balaban J connectivity index is 1.84. The molecule has 1 fully saturated rings. The molecule has 0 saturated heterocycles. The van der Waals surface area contributed by atoms with E-state index in [1.165, 1.54) is 12.8 Å². The minimum absolute atomic E-state index is 0.708. The highest BCUT2D eigenvalue weighted by atomic mass is 79.9. The topological polar surface area (TPSA) is 37.8 Å². The number of nitrogens with one attached hydrogen (secondary N) is 1. The Kier molecular flexibility index (Phi) is 3.46. The van der Waals surface area contributed by atoms with Crippen LogP contribution in [0.15, 0.2) is 22.0 Å². The van der Waals surface area contributed by atoms with Gasteiger partial charge in [-0.1, -0.05) is 0 Å². The van der Waals surface area contributed by atoms with Crippen LogP contribution in [0.3, 0.4) is 0 Å². The first-order valence-electron chi connectivity index (χ1n) is 6.04. The third-order valence-electron chi connectivity index (χ3n) is 2.85. The minimum Gasteiger partial charge on any atom is -0.308 e. The summed E-state index contributed by atoms with van der Waals surface area (Å²) in [6, 6.07) is 6.86. The van der Waals surface area contributed by atoms with Crippen molar-refractivity contribution < 1.29 is 0 Å². The Morgan fingerprint density at radius 2 is 2.22 bits per heavy atom. The van der Waals surface area contributed by atoms with E-state index in [-0.39, 0.29) is 0 Å². The van der Waals surface area contributed by atoms with Crippen molar-refractivity contribution in [3.63, 3.8) is 0 Å². The maximum Gasteiger partial charge on any atom is 0.169 e. The number of hydrogen-bond acceptors (Lipinski definition) is 4. The average Bonchev–Trinajstić information content (AvgIpc) is 3.07. The van der Waals surface area contributed by atoms with E-state index < -0.39 is 0 Å². The molecule has 1 saturated carbocycles. The van der Waals surface area contributed by atoms with Gasteiger partial charge in [-0.25, -0.2) is 9.97 Å². The summed E-state index contributed by atoms with van der Waals surface area (Å²) < 4.78 is 1.11. The van der Waals surface area contributed by atoms with Crippen LogP contribution < -0.4 is 5.32 Å². The van der Waals surface area contributed by atoms with Crippen LogP contribution in [-0.4, -0.2) is 16.0 Å². The molecule has 0 aliphatic heterocycles. The normalized spacial score (nSPS) is 15.0. The van der Waals surface area contributed by atoms with Crippen molar-refractivity contribution in [1.82, 2.24) is 15.3 Å². The van der Waals surface area contributed by atoms with Crippen LogP contribution in [0.25, 0.3) is 10.7 Å². The molecule has 0 bridgehead atoms. The van der Waals surface area contributed by atoms with Gasteiger partial charge in [-0.15, -0.1) is 11.3 Å². The SMILES string of the molecule is Cc1cc(CNC2CC2)nc(-c2ccc(Br)s2)n1. The van der Waals surface area contributed by atoms with Crippen LogP contribution in [0.2, 0.25) is 0 Å². The summed E-state index contributed by atoms with van der Waals surface area (Å²) >= 11 is 5.14. The highest BCUT2D eigenvalue weighted by molar-refractivity contribution is 9.11. The van der Waals surface area contributed by atoms with Gasteiger partial charge >= 0.3 is 0 Å². The van der Waals surface area contributed by atoms with E-state index in [0.717, 1.165) is 32.4 Å². The van der Waals surface area contributed by atoms with Crippen molar-refractivity contribution >= 4 is 27.3 Å². The number of nitrogens with zero attached hydrogens (tertiary/aromatic N) is 2. The third-order valence-corrected chi connectivity index (χ3v) is 4.47. The van der Waals surface area contributed by atoms with Gasteiger partial charge in [0.15, 0.2) is 5.82 Å². The molecule has 0 aromatic carbocycles. The van der Waals surface area contributed by atoms with E-state index in [2.05, 4.69) is 43.3 Å². The Bertz CT molecular complexity index is 563. The van der Waals surface area contributed by atoms with Crippen molar-refractivity contribution in [1.29, 1.82) is 0 Å². The summed E-state index contributed by atoms with van der Waals surface area (Å²) in [4.78, 5) is 10.3. The molecule has 1 N–H and O–H groups in total. The zero-order valence-electron chi connectivity index (χ0n) is 10.1. The first-order chi connectivity index (χ1) is 8.70. The maximum atomic E-state index is 4.63. The number of rotatable bonds is 4. The number of hydrogen-bond donors (Lipinski definition) is 1. The molecule has 94 valence electrons. The fourth-order valence-electron chi connectivity index (χ4n) is 1.81. The molecular formula is C13H14BrN3S.